The summed E-state index contributed by atoms with van der Waals surface area (Å²) in [5.41, 5.74) is -2.94. The van der Waals surface area contributed by atoms with Crippen molar-refractivity contribution in [3.05, 3.63) is 0 Å². The Balaban J connectivity index is 2.47. The summed E-state index contributed by atoms with van der Waals surface area (Å²) >= 11 is 0. The van der Waals surface area contributed by atoms with Crippen LogP contribution in [0.2, 0.25) is 0 Å². The predicted molar refractivity (Wildman–Crippen MR) is 41.9 cm³/mol. The van der Waals surface area contributed by atoms with Gasteiger partial charge in [-0.3, -0.25) is 14.4 Å². The van der Waals surface area contributed by atoms with Crippen LogP contribution in [-0.4, -0.2) is 23.5 Å². The first-order chi connectivity index (χ1) is 6.33. The quantitative estimate of drug-likeness (QED) is 0.390. The van der Waals surface area contributed by atoms with Crippen LogP contribution in [0.15, 0.2) is 0 Å². The highest BCUT2D eigenvalue weighted by atomic mass is 16.6. The van der Waals surface area contributed by atoms with Crippen LogP contribution in [0, 0.1) is 10.8 Å². The van der Waals surface area contributed by atoms with E-state index in [9.17, 15) is 19.2 Å². The Labute approximate surface area is 79.4 Å². The molecule has 1 aliphatic heterocycles. The molecule has 0 aromatic heterocycles. The number of ether oxygens (including phenoxy) is 1. The third-order valence-electron chi connectivity index (χ3n) is 2.88. The number of esters is 2. The number of carbonyl (C=O) groups is 4. The van der Waals surface area contributed by atoms with Gasteiger partial charge in [0, 0.05) is 0 Å². The zero-order chi connectivity index (χ0) is 10.7. The highest BCUT2D eigenvalue weighted by Crippen LogP contribution is 2.52. The van der Waals surface area contributed by atoms with Gasteiger partial charge < -0.3 is 4.74 Å². The van der Waals surface area contributed by atoms with E-state index in [1.54, 1.807) is 0 Å². The van der Waals surface area contributed by atoms with Crippen molar-refractivity contribution in [3.63, 3.8) is 0 Å². The molecule has 1 heterocycles. The molecule has 1 saturated carbocycles. The molecule has 1 saturated heterocycles. The fraction of sp³-hybridized carbons (Fsp3) is 0.556. The molecule has 14 heavy (non-hydrogen) atoms. The molecule has 2 aliphatic rings. The van der Waals surface area contributed by atoms with Gasteiger partial charge in [-0.2, -0.15) is 0 Å². The van der Waals surface area contributed by atoms with Crippen molar-refractivity contribution < 1.29 is 23.9 Å². The van der Waals surface area contributed by atoms with Gasteiger partial charge in [0.1, 0.15) is 0 Å². The minimum atomic E-state index is -1.79. The van der Waals surface area contributed by atoms with E-state index in [-0.39, 0.29) is 0 Å². The lowest BCUT2D eigenvalue weighted by molar-refractivity contribution is -0.174. The second-order valence-corrected chi connectivity index (χ2v) is 4.13. The van der Waals surface area contributed by atoms with Gasteiger partial charge in [-0.05, 0) is 13.8 Å². The summed E-state index contributed by atoms with van der Waals surface area (Å²) in [5, 5.41) is 0. The van der Waals surface area contributed by atoms with Gasteiger partial charge in [-0.25, -0.2) is 4.79 Å². The van der Waals surface area contributed by atoms with Crippen LogP contribution in [0.4, 0.5) is 0 Å². The lowest BCUT2D eigenvalue weighted by Crippen LogP contribution is -2.66. The van der Waals surface area contributed by atoms with Gasteiger partial charge in [0.05, 0.1) is 11.8 Å². The summed E-state index contributed by atoms with van der Waals surface area (Å²) in [6.45, 7) is 2.89. The van der Waals surface area contributed by atoms with Crippen molar-refractivity contribution in [1.29, 1.82) is 0 Å². The molecule has 1 spiro atoms. The van der Waals surface area contributed by atoms with Crippen molar-refractivity contribution in [1.82, 2.24) is 0 Å². The lowest BCUT2D eigenvalue weighted by Gasteiger charge is -2.42. The standard InChI is InChI=1S/C9H8O5/c1-8(2)5(11)9(6(8)12)3-4(10)14-7(9)13/h3H2,1-2H3. The van der Waals surface area contributed by atoms with Gasteiger partial charge in [-0.1, -0.05) is 0 Å². The number of ketones is 2. The molecule has 2 rings (SSSR count). The molecular weight excluding hydrogens is 188 g/mol. The third kappa shape index (κ3) is 0.670. The minimum absolute atomic E-state index is 0.424. The molecule has 0 radical (unpaired) electrons. The summed E-state index contributed by atoms with van der Waals surface area (Å²) in [5.74, 6) is -2.82. The first-order valence-electron chi connectivity index (χ1n) is 4.18. The molecule has 2 fully saturated rings. The van der Waals surface area contributed by atoms with Crippen molar-refractivity contribution in [2.45, 2.75) is 20.3 Å². The Bertz CT molecular complexity index is 372. The average Bonchev–Trinajstić information content (AvgIpc) is 2.40. The number of hydrogen-bond acceptors (Lipinski definition) is 5. The Kier molecular flexibility index (Phi) is 1.36. The van der Waals surface area contributed by atoms with Crippen LogP contribution in [0.5, 0.6) is 0 Å². The Hall–Kier alpha value is -1.52. The molecule has 5 nitrogen and oxygen atoms in total. The number of carbonyl (C=O) groups excluding carboxylic acids is 4. The van der Waals surface area contributed by atoms with Gasteiger partial charge in [0.15, 0.2) is 17.0 Å². The fourth-order valence-corrected chi connectivity index (χ4v) is 2.07. The third-order valence-corrected chi connectivity index (χ3v) is 2.88. The molecule has 0 N–H and O–H groups in total. The molecule has 0 amide bonds. The Morgan fingerprint density at radius 2 is 1.57 bits per heavy atom. The smallest absolute Gasteiger partial charge is 0.335 e. The van der Waals surface area contributed by atoms with E-state index in [0.29, 0.717) is 0 Å². The lowest BCUT2D eigenvalue weighted by atomic mass is 9.51. The van der Waals surface area contributed by atoms with Crippen LogP contribution >= 0.6 is 0 Å². The average molecular weight is 196 g/mol. The van der Waals surface area contributed by atoms with Crippen molar-refractivity contribution in [2.75, 3.05) is 0 Å². The van der Waals surface area contributed by atoms with Crippen molar-refractivity contribution >= 4 is 23.5 Å². The topological polar surface area (TPSA) is 77.5 Å². The normalized spacial score (nSPS) is 27.9. The first kappa shape index (κ1) is 9.05. The summed E-state index contributed by atoms with van der Waals surface area (Å²) in [4.78, 5) is 45.2. The second-order valence-electron chi connectivity index (χ2n) is 4.13. The van der Waals surface area contributed by atoms with E-state index >= 15 is 0 Å². The largest absolute Gasteiger partial charge is 0.392 e. The number of rotatable bonds is 0. The number of hydrogen-bond donors (Lipinski definition) is 0. The molecule has 1 aliphatic carbocycles. The monoisotopic (exact) mass is 196 g/mol. The van der Waals surface area contributed by atoms with Crippen LogP contribution in [0.25, 0.3) is 0 Å². The van der Waals surface area contributed by atoms with Gasteiger partial charge in [0.2, 0.25) is 0 Å². The first-order valence-corrected chi connectivity index (χ1v) is 4.18. The van der Waals surface area contributed by atoms with E-state index in [1.165, 1.54) is 13.8 Å². The SMILES string of the molecule is CC1(C)C(=O)C2(CC(=O)OC2=O)C1=O. The van der Waals surface area contributed by atoms with Crippen LogP contribution in [0.1, 0.15) is 20.3 Å². The van der Waals surface area contributed by atoms with E-state index in [4.69, 9.17) is 0 Å². The minimum Gasteiger partial charge on any atom is -0.392 e. The number of Topliss-reactive ketones (excluding diaryl/α,β-unsaturated/α-hetero) is 2. The van der Waals surface area contributed by atoms with Gasteiger partial charge >= 0.3 is 11.9 Å². The predicted octanol–water partition coefficient (Wildman–Crippen LogP) is -0.376. The highest BCUT2D eigenvalue weighted by Gasteiger charge is 2.75. The maximum Gasteiger partial charge on any atom is 0.335 e. The van der Waals surface area contributed by atoms with Gasteiger partial charge in [-0.15, -0.1) is 0 Å². The summed E-state index contributed by atoms with van der Waals surface area (Å²) in [6, 6.07) is 0. The summed E-state index contributed by atoms with van der Waals surface area (Å²) < 4.78 is 4.23. The Morgan fingerprint density at radius 3 is 1.93 bits per heavy atom. The molecule has 5 heteroatoms. The van der Waals surface area contributed by atoms with Crippen LogP contribution in [-0.2, 0) is 23.9 Å². The maximum atomic E-state index is 11.6. The molecule has 0 bridgehead atoms. The van der Waals surface area contributed by atoms with Crippen LogP contribution in [0.3, 0.4) is 0 Å². The molecule has 0 atom stereocenters. The molecule has 0 unspecified atom stereocenters. The highest BCUT2D eigenvalue weighted by molar-refractivity contribution is 6.42. The molecule has 0 aromatic rings. The van der Waals surface area contributed by atoms with Crippen molar-refractivity contribution in [3.8, 4) is 0 Å². The van der Waals surface area contributed by atoms with Crippen molar-refractivity contribution in [2.24, 2.45) is 10.8 Å². The zero-order valence-corrected chi connectivity index (χ0v) is 7.75. The van der Waals surface area contributed by atoms with E-state index in [2.05, 4.69) is 4.74 Å². The summed E-state index contributed by atoms with van der Waals surface area (Å²) in [6.07, 6.45) is -0.424. The maximum absolute atomic E-state index is 11.6. The molecule has 0 aromatic carbocycles. The van der Waals surface area contributed by atoms with E-state index in [1.807, 2.05) is 0 Å². The van der Waals surface area contributed by atoms with E-state index in [0.717, 1.165) is 0 Å². The van der Waals surface area contributed by atoms with Gasteiger partial charge in [0.25, 0.3) is 0 Å². The Morgan fingerprint density at radius 1 is 1.07 bits per heavy atom. The molecular formula is C9H8O5. The second kappa shape index (κ2) is 2.10. The fourth-order valence-electron chi connectivity index (χ4n) is 2.07. The van der Waals surface area contributed by atoms with E-state index < -0.39 is 40.8 Å². The summed E-state index contributed by atoms with van der Waals surface area (Å²) in [7, 11) is 0. The number of cyclic esters (lactones) is 2. The van der Waals surface area contributed by atoms with Crippen LogP contribution < -0.4 is 0 Å². The molecule has 74 valence electrons. The zero-order valence-electron chi connectivity index (χ0n) is 7.75.